The molecule has 1 N–H and O–H groups in total. The third-order valence-electron chi connectivity index (χ3n) is 5.26. The molecule has 0 bridgehead atoms. The molecule has 1 heterocycles. The molecule has 0 spiro atoms. The van der Waals surface area contributed by atoms with Gasteiger partial charge in [-0.25, -0.2) is 0 Å². The molecule has 2 fully saturated rings. The van der Waals surface area contributed by atoms with Crippen LogP contribution < -0.4 is 5.32 Å². The van der Waals surface area contributed by atoms with Crippen molar-refractivity contribution in [2.45, 2.75) is 51.6 Å². The summed E-state index contributed by atoms with van der Waals surface area (Å²) in [7, 11) is 0. The molecule has 5 heteroatoms. The average molecular weight is 371 g/mol. The van der Waals surface area contributed by atoms with E-state index in [0.29, 0.717) is 30.2 Å². The summed E-state index contributed by atoms with van der Waals surface area (Å²) in [5, 5.41) is 4.15. The van der Waals surface area contributed by atoms with E-state index in [1.165, 1.54) is 18.4 Å². The molecule has 1 amide bonds. The normalized spacial score (nSPS) is 19.4. The molecule has 2 aliphatic rings. The number of nitrogens with zero attached hydrogens (tertiary/aromatic N) is 1. The fourth-order valence-corrected chi connectivity index (χ4v) is 3.69. The van der Waals surface area contributed by atoms with E-state index in [2.05, 4.69) is 17.1 Å². The van der Waals surface area contributed by atoms with Crippen molar-refractivity contribution in [3.05, 3.63) is 34.9 Å². The molecule has 3 rings (SSSR count). The maximum absolute atomic E-state index is 12.8. The molecule has 1 aromatic rings. The van der Waals surface area contributed by atoms with Gasteiger partial charge in [0.25, 0.3) is 0 Å². The van der Waals surface area contributed by atoms with Crippen LogP contribution in [0.25, 0.3) is 0 Å². The predicted molar refractivity (Wildman–Crippen MR) is 102 cm³/mol. The quantitative estimate of drug-likeness (QED) is 0.810. The van der Waals surface area contributed by atoms with E-state index < -0.39 is 0 Å². The Morgan fingerprint density at radius 2 is 1.83 bits per heavy atom. The number of piperidine rings is 1. The summed E-state index contributed by atoms with van der Waals surface area (Å²) in [6.45, 7) is 5.17. The number of hydrogen-bond acceptors (Lipinski definition) is 2. The van der Waals surface area contributed by atoms with Crippen molar-refractivity contribution in [3.8, 4) is 0 Å². The van der Waals surface area contributed by atoms with E-state index in [0.717, 1.165) is 37.5 Å². The lowest BCUT2D eigenvalue weighted by molar-refractivity contribution is -0.133. The number of halogens is 2. The van der Waals surface area contributed by atoms with Crippen LogP contribution in [0, 0.1) is 11.8 Å². The van der Waals surface area contributed by atoms with Gasteiger partial charge in [0, 0.05) is 24.0 Å². The van der Waals surface area contributed by atoms with Crippen LogP contribution in [-0.4, -0.2) is 29.9 Å². The van der Waals surface area contributed by atoms with Gasteiger partial charge in [0.15, 0.2) is 0 Å². The van der Waals surface area contributed by atoms with E-state index in [4.69, 9.17) is 11.6 Å². The zero-order valence-corrected chi connectivity index (χ0v) is 15.9. The highest BCUT2D eigenvalue weighted by atomic mass is 35.5. The van der Waals surface area contributed by atoms with Gasteiger partial charge in [0.2, 0.25) is 5.91 Å². The van der Waals surface area contributed by atoms with Gasteiger partial charge < -0.3 is 10.2 Å². The highest BCUT2D eigenvalue weighted by molar-refractivity contribution is 6.30. The standard InChI is InChI=1S/C19H27ClN2O.ClH/c1-14(16-8-10-21-11-9-16)12-19(23)22(18-6-7-18)13-15-2-4-17(20)5-3-15;/h2-5,14,16,18,21H,6-13H2,1H3;1H. The van der Waals surface area contributed by atoms with Gasteiger partial charge in [-0.1, -0.05) is 30.7 Å². The monoisotopic (exact) mass is 370 g/mol. The average Bonchev–Trinajstić information content (AvgIpc) is 3.39. The van der Waals surface area contributed by atoms with Crippen molar-refractivity contribution in [3.63, 3.8) is 0 Å². The van der Waals surface area contributed by atoms with Crippen LogP contribution in [0.3, 0.4) is 0 Å². The minimum Gasteiger partial charge on any atom is -0.335 e. The van der Waals surface area contributed by atoms with Crippen LogP contribution >= 0.6 is 24.0 Å². The summed E-state index contributed by atoms with van der Waals surface area (Å²) in [4.78, 5) is 14.9. The second kappa shape index (κ2) is 9.07. The second-order valence-electron chi connectivity index (χ2n) is 7.15. The number of rotatable bonds is 6. The lowest BCUT2D eigenvalue weighted by Gasteiger charge is -2.30. The Kier molecular flexibility index (Phi) is 7.39. The third-order valence-corrected chi connectivity index (χ3v) is 5.51. The number of amides is 1. The molecule has 1 atom stereocenters. The van der Waals surface area contributed by atoms with Crippen LogP contribution in [-0.2, 0) is 11.3 Å². The summed E-state index contributed by atoms with van der Waals surface area (Å²) in [6, 6.07) is 8.33. The minimum absolute atomic E-state index is 0. The van der Waals surface area contributed by atoms with E-state index in [9.17, 15) is 4.79 Å². The molecule has 1 aliphatic carbocycles. The molecular weight excluding hydrogens is 343 g/mol. The number of carbonyl (C=O) groups is 1. The Labute approximate surface area is 156 Å². The molecule has 1 unspecified atom stereocenters. The number of hydrogen-bond donors (Lipinski definition) is 1. The first-order chi connectivity index (χ1) is 11.1. The van der Waals surface area contributed by atoms with Gasteiger partial charge in [0.1, 0.15) is 0 Å². The van der Waals surface area contributed by atoms with Crippen molar-refractivity contribution in [1.82, 2.24) is 10.2 Å². The number of carbonyl (C=O) groups excluding carboxylic acids is 1. The first kappa shape index (κ1) is 19.6. The second-order valence-corrected chi connectivity index (χ2v) is 7.58. The van der Waals surface area contributed by atoms with Gasteiger partial charge >= 0.3 is 0 Å². The van der Waals surface area contributed by atoms with Gasteiger partial charge in [0.05, 0.1) is 0 Å². The van der Waals surface area contributed by atoms with Crippen LogP contribution in [0.1, 0.15) is 44.6 Å². The van der Waals surface area contributed by atoms with Crippen molar-refractivity contribution < 1.29 is 4.79 Å². The van der Waals surface area contributed by atoms with Crippen molar-refractivity contribution in [2.75, 3.05) is 13.1 Å². The summed E-state index contributed by atoms with van der Waals surface area (Å²) in [6.07, 6.45) is 5.40. The number of benzene rings is 1. The van der Waals surface area contributed by atoms with Gasteiger partial charge in [-0.05, 0) is 68.3 Å². The molecule has 24 heavy (non-hydrogen) atoms. The topological polar surface area (TPSA) is 32.3 Å². The Morgan fingerprint density at radius 3 is 2.42 bits per heavy atom. The summed E-state index contributed by atoms with van der Waals surface area (Å²) in [5.41, 5.74) is 1.17. The van der Waals surface area contributed by atoms with Crippen LogP contribution in [0.2, 0.25) is 5.02 Å². The van der Waals surface area contributed by atoms with Crippen LogP contribution in [0.5, 0.6) is 0 Å². The first-order valence-corrected chi connectivity index (χ1v) is 9.26. The smallest absolute Gasteiger partial charge is 0.223 e. The lowest BCUT2D eigenvalue weighted by atomic mass is 9.84. The summed E-state index contributed by atoms with van der Waals surface area (Å²) in [5.74, 6) is 1.50. The first-order valence-electron chi connectivity index (χ1n) is 8.88. The molecule has 1 saturated heterocycles. The molecule has 0 aromatic heterocycles. The summed E-state index contributed by atoms with van der Waals surface area (Å²) >= 11 is 5.95. The highest BCUT2D eigenvalue weighted by Crippen LogP contribution is 2.31. The fourth-order valence-electron chi connectivity index (χ4n) is 3.57. The summed E-state index contributed by atoms with van der Waals surface area (Å²) < 4.78 is 0. The maximum atomic E-state index is 12.8. The van der Waals surface area contributed by atoms with Crippen LogP contribution in [0.15, 0.2) is 24.3 Å². The Hall–Kier alpha value is -0.770. The lowest BCUT2D eigenvalue weighted by Crippen LogP contribution is -2.36. The molecule has 3 nitrogen and oxygen atoms in total. The highest BCUT2D eigenvalue weighted by Gasteiger charge is 2.33. The third kappa shape index (κ3) is 5.37. The Morgan fingerprint density at radius 1 is 1.21 bits per heavy atom. The van der Waals surface area contributed by atoms with Crippen LogP contribution in [0.4, 0.5) is 0 Å². The predicted octanol–water partition coefficient (Wildman–Crippen LogP) is 4.28. The molecule has 1 aromatic carbocycles. The molecule has 134 valence electrons. The van der Waals surface area contributed by atoms with Gasteiger partial charge in [-0.3, -0.25) is 4.79 Å². The number of nitrogens with one attached hydrogen (secondary N) is 1. The van der Waals surface area contributed by atoms with Crippen molar-refractivity contribution in [2.24, 2.45) is 11.8 Å². The maximum Gasteiger partial charge on any atom is 0.223 e. The SMILES string of the molecule is CC(CC(=O)N(Cc1ccc(Cl)cc1)C1CC1)C1CCNCC1.Cl. The van der Waals surface area contributed by atoms with Crippen molar-refractivity contribution >= 4 is 29.9 Å². The van der Waals surface area contributed by atoms with E-state index in [-0.39, 0.29) is 12.4 Å². The molecular formula is C19H28Cl2N2O. The Balaban J connectivity index is 0.00000208. The molecule has 1 saturated carbocycles. The van der Waals surface area contributed by atoms with E-state index >= 15 is 0 Å². The fraction of sp³-hybridized carbons (Fsp3) is 0.632. The van der Waals surface area contributed by atoms with Crippen molar-refractivity contribution in [1.29, 1.82) is 0 Å². The van der Waals surface area contributed by atoms with E-state index in [1.807, 2.05) is 24.3 Å². The van der Waals surface area contributed by atoms with Gasteiger partial charge in [-0.2, -0.15) is 0 Å². The zero-order valence-electron chi connectivity index (χ0n) is 14.3. The minimum atomic E-state index is 0. The zero-order chi connectivity index (χ0) is 16.2. The molecule has 0 radical (unpaired) electrons. The molecule has 1 aliphatic heterocycles. The van der Waals surface area contributed by atoms with E-state index in [1.54, 1.807) is 0 Å². The largest absolute Gasteiger partial charge is 0.335 e. The Bertz CT molecular complexity index is 525. The van der Waals surface area contributed by atoms with Gasteiger partial charge in [-0.15, -0.1) is 12.4 Å².